The van der Waals surface area contributed by atoms with Crippen molar-refractivity contribution < 1.29 is 9.21 Å². The summed E-state index contributed by atoms with van der Waals surface area (Å²) >= 11 is 5.90. The first-order valence-electron chi connectivity index (χ1n) is 6.87. The molecular formula is C14H21ClN2O2. The molecule has 1 aromatic rings. The molecule has 1 aliphatic heterocycles. The van der Waals surface area contributed by atoms with Crippen LogP contribution in [0.1, 0.15) is 43.5 Å². The Labute approximate surface area is 119 Å². The molecule has 4 nitrogen and oxygen atoms in total. The number of nitrogens with zero attached hydrogens (tertiary/aromatic N) is 1. The molecule has 1 atom stereocenters. The van der Waals surface area contributed by atoms with Gasteiger partial charge in [0.1, 0.15) is 0 Å². The van der Waals surface area contributed by atoms with Crippen LogP contribution in [0.4, 0.5) is 0 Å². The molecule has 5 heteroatoms. The molecule has 1 unspecified atom stereocenters. The van der Waals surface area contributed by atoms with Crippen molar-refractivity contribution in [3.8, 4) is 0 Å². The van der Waals surface area contributed by atoms with Crippen molar-refractivity contribution in [3.63, 3.8) is 0 Å². The summed E-state index contributed by atoms with van der Waals surface area (Å²) in [4.78, 5) is 14.4. The van der Waals surface area contributed by atoms with Gasteiger partial charge in [-0.1, -0.05) is 6.42 Å². The van der Waals surface area contributed by atoms with E-state index in [0.717, 1.165) is 19.5 Å². The molecule has 0 aliphatic carbocycles. The van der Waals surface area contributed by atoms with Crippen molar-refractivity contribution in [2.45, 2.75) is 45.2 Å². The summed E-state index contributed by atoms with van der Waals surface area (Å²) in [5.41, 5.74) is 0.450. The smallest absolute Gasteiger partial charge is 0.259 e. The van der Waals surface area contributed by atoms with E-state index in [2.05, 4.69) is 5.32 Å². The third-order valence-electron chi connectivity index (χ3n) is 3.56. The maximum Gasteiger partial charge on any atom is 0.259 e. The number of hydrogen-bond donors (Lipinski definition) is 1. The number of furan rings is 1. The first-order valence-corrected chi connectivity index (χ1v) is 7.24. The average Bonchev–Trinajstić information content (AvgIpc) is 2.82. The van der Waals surface area contributed by atoms with E-state index in [4.69, 9.17) is 16.0 Å². The molecule has 1 fully saturated rings. The van der Waals surface area contributed by atoms with Crippen LogP contribution in [0.3, 0.4) is 0 Å². The van der Waals surface area contributed by atoms with Crippen LogP contribution in [0, 0.1) is 0 Å². The highest BCUT2D eigenvalue weighted by Gasteiger charge is 2.25. The molecule has 1 aliphatic rings. The van der Waals surface area contributed by atoms with Crippen LogP contribution in [0.25, 0.3) is 0 Å². The van der Waals surface area contributed by atoms with Crippen molar-refractivity contribution in [1.82, 2.24) is 10.2 Å². The van der Waals surface area contributed by atoms with Crippen molar-refractivity contribution in [3.05, 3.63) is 23.1 Å². The summed E-state index contributed by atoms with van der Waals surface area (Å²) in [5, 5.41) is 3.64. The Hall–Kier alpha value is -1.00. The van der Waals surface area contributed by atoms with E-state index in [0.29, 0.717) is 11.6 Å². The van der Waals surface area contributed by atoms with E-state index in [1.165, 1.54) is 19.1 Å². The predicted molar refractivity (Wildman–Crippen MR) is 75.5 cm³/mol. The van der Waals surface area contributed by atoms with Crippen LogP contribution < -0.4 is 5.32 Å². The molecule has 2 rings (SSSR count). The summed E-state index contributed by atoms with van der Waals surface area (Å²) in [5.74, 6) is -0.0545. The van der Waals surface area contributed by atoms with Gasteiger partial charge >= 0.3 is 0 Å². The van der Waals surface area contributed by atoms with Gasteiger partial charge in [0.05, 0.1) is 11.8 Å². The molecule has 19 heavy (non-hydrogen) atoms. The minimum atomic E-state index is -0.0545. The van der Waals surface area contributed by atoms with E-state index in [9.17, 15) is 4.79 Å². The first-order chi connectivity index (χ1) is 9.09. The van der Waals surface area contributed by atoms with E-state index >= 15 is 0 Å². The lowest BCUT2D eigenvalue weighted by molar-refractivity contribution is 0.0676. The van der Waals surface area contributed by atoms with Crippen LogP contribution in [0.5, 0.6) is 0 Å². The highest BCUT2D eigenvalue weighted by molar-refractivity contribution is 6.32. The Morgan fingerprint density at radius 3 is 2.89 bits per heavy atom. The van der Waals surface area contributed by atoms with Gasteiger partial charge in [-0.2, -0.15) is 0 Å². The van der Waals surface area contributed by atoms with Crippen molar-refractivity contribution in [2.24, 2.45) is 0 Å². The summed E-state index contributed by atoms with van der Waals surface area (Å²) in [6.45, 7) is 5.80. The van der Waals surface area contributed by atoms with Crippen LogP contribution in [-0.4, -0.2) is 36.0 Å². The van der Waals surface area contributed by atoms with Crippen molar-refractivity contribution in [2.75, 3.05) is 13.1 Å². The van der Waals surface area contributed by atoms with Crippen molar-refractivity contribution in [1.29, 1.82) is 0 Å². The number of rotatable bonds is 4. The Morgan fingerprint density at radius 1 is 1.58 bits per heavy atom. The van der Waals surface area contributed by atoms with Gasteiger partial charge in [-0.05, 0) is 50.9 Å². The molecule has 0 spiro atoms. The van der Waals surface area contributed by atoms with Crippen LogP contribution in [-0.2, 0) is 0 Å². The summed E-state index contributed by atoms with van der Waals surface area (Å²) in [7, 11) is 0. The lowest BCUT2D eigenvalue weighted by Crippen LogP contribution is -2.48. The molecule has 1 aromatic heterocycles. The SMILES string of the molecule is CC(C)N(CC1CCCCN1)C(=O)c1ccoc1Cl. The lowest BCUT2D eigenvalue weighted by atomic mass is 10.0. The molecule has 0 saturated carbocycles. The van der Waals surface area contributed by atoms with Gasteiger partial charge in [0.15, 0.2) is 0 Å². The minimum Gasteiger partial charge on any atom is -0.452 e. The highest BCUT2D eigenvalue weighted by Crippen LogP contribution is 2.20. The zero-order valence-corrected chi connectivity index (χ0v) is 12.2. The first kappa shape index (κ1) is 14.4. The van der Waals surface area contributed by atoms with Gasteiger partial charge in [-0.15, -0.1) is 0 Å². The van der Waals surface area contributed by atoms with E-state index < -0.39 is 0 Å². The van der Waals surface area contributed by atoms with Gasteiger partial charge < -0.3 is 14.6 Å². The summed E-state index contributed by atoms with van der Waals surface area (Å²) in [6, 6.07) is 2.15. The number of nitrogens with one attached hydrogen (secondary N) is 1. The second-order valence-electron chi connectivity index (χ2n) is 5.31. The fourth-order valence-corrected chi connectivity index (χ4v) is 2.64. The fraction of sp³-hybridized carbons (Fsp3) is 0.643. The molecule has 1 amide bonds. The van der Waals surface area contributed by atoms with Gasteiger partial charge in [0, 0.05) is 18.6 Å². The molecule has 0 bridgehead atoms. The van der Waals surface area contributed by atoms with Gasteiger partial charge in [0.2, 0.25) is 5.22 Å². The Bertz CT molecular complexity index is 425. The number of carbonyl (C=O) groups is 1. The molecular weight excluding hydrogens is 264 g/mol. The minimum absolute atomic E-state index is 0.0545. The van der Waals surface area contributed by atoms with E-state index in [1.54, 1.807) is 6.07 Å². The average molecular weight is 285 g/mol. The van der Waals surface area contributed by atoms with Gasteiger partial charge in [-0.3, -0.25) is 4.79 Å². The van der Waals surface area contributed by atoms with Crippen LogP contribution >= 0.6 is 11.6 Å². The number of piperidine rings is 1. The quantitative estimate of drug-likeness (QED) is 0.925. The third-order valence-corrected chi connectivity index (χ3v) is 3.85. The predicted octanol–water partition coefficient (Wildman–Crippen LogP) is 2.93. The normalized spacial score (nSPS) is 19.7. The fourth-order valence-electron chi connectivity index (χ4n) is 2.45. The number of amides is 1. The van der Waals surface area contributed by atoms with Crippen LogP contribution in [0.15, 0.2) is 16.7 Å². The second-order valence-corrected chi connectivity index (χ2v) is 5.65. The standard InChI is InChI=1S/C14H21ClN2O2/c1-10(2)17(9-11-5-3-4-7-16-11)14(18)12-6-8-19-13(12)15/h6,8,10-11,16H,3-5,7,9H2,1-2H3. The summed E-state index contributed by atoms with van der Waals surface area (Å²) in [6.07, 6.45) is 5.02. The highest BCUT2D eigenvalue weighted by atomic mass is 35.5. The van der Waals surface area contributed by atoms with Gasteiger partial charge in [0.25, 0.3) is 5.91 Å². The topological polar surface area (TPSA) is 45.5 Å². The monoisotopic (exact) mass is 284 g/mol. The maximum absolute atomic E-state index is 12.5. The van der Waals surface area contributed by atoms with Crippen LogP contribution in [0.2, 0.25) is 5.22 Å². The molecule has 1 N–H and O–H groups in total. The molecule has 2 heterocycles. The summed E-state index contributed by atoms with van der Waals surface area (Å²) < 4.78 is 5.01. The Kier molecular flexibility index (Phi) is 4.88. The Balaban J connectivity index is 2.07. The number of carbonyl (C=O) groups excluding carboxylic acids is 1. The van der Waals surface area contributed by atoms with Crippen molar-refractivity contribution >= 4 is 17.5 Å². The Morgan fingerprint density at radius 2 is 2.37 bits per heavy atom. The maximum atomic E-state index is 12.5. The molecule has 0 radical (unpaired) electrons. The van der Waals surface area contributed by atoms with E-state index in [-0.39, 0.29) is 17.2 Å². The lowest BCUT2D eigenvalue weighted by Gasteiger charge is -2.33. The second kappa shape index (κ2) is 6.44. The third kappa shape index (κ3) is 3.51. The zero-order valence-electron chi connectivity index (χ0n) is 11.5. The molecule has 1 saturated heterocycles. The molecule has 0 aromatic carbocycles. The molecule has 106 valence electrons. The van der Waals surface area contributed by atoms with Gasteiger partial charge in [-0.25, -0.2) is 0 Å². The zero-order chi connectivity index (χ0) is 13.8. The number of hydrogen-bond acceptors (Lipinski definition) is 3. The number of halogens is 1. The largest absolute Gasteiger partial charge is 0.452 e. The van der Waals surface area contributed by atoms with E-state index in [1.807, 2.05) is 18.7 Å².